The topological polar surface area (TPSA) is 32.8 Å². The van der Waals surface area contributed by atoms with E-state index in [9.17, 15) is 17.7 Å². The van der Waals surface area contributed by atoms with E-state index in [1.165, 1.54) is 0 Å². The molecule has 0 aromatic heterocycles. The van der Waals surface area contributed by atoms with Crippen molar-refractivity contribution in [2.45, 2.75) is 52.3 Å². The van der Waals surface area contributed by atoms with Crippen molar-refractivity contribution in [3.63, 3.8) is 0 Å². The molecule has 21 heavy (non-hydrogen) atoms. The van der Waals surface area contributed by atoms with Gasteiger partial charge in [0.05, 0.1) is 0 Å². The Labute approximate surface area is 168 Å². The molecule has 2 atom stereocenters. The number of hydrogen-bond donors (Lipinski definition) is 0. The zero-order valence-electron chi connectivity index (χ0n) is 13.7. The zero-order chi connectivity index (χ0) is 16.1. The molecule has 1 rings (SSSR count). The van der Waals surface area contributed by atoms with Crippen LogP contribution in [-0.2, 0) is 4.74 Å². The van der Waals surface area contributed by atoms with Gasteiger partial charge >= 0.3 is 65.0 Å². The second-order valence-electron chi connectivity index (χ2n) is 5.85. The Morgan fingerprint density at radius 3 is 1.81 bits per heavy atom. The van der Waals surface area contributed by atoms with Gasteiger partial charge in [0.15, 0.2) is 0 Å². The second-order valence-corrected chi connectivity index (χ2v) is 5.85. The van der Waals surface area contributed by atoms with Crippen molar-refractivity contribution in [2.24, 2.45) is 0 Å². The normalized spacial score (nSPS) is 22.6. The monoisotopic (exact) mass is 334 g/mol. The molecule has 0 aromatic carbocycles. The van der Waals surface area contributed by atoms with Gasteiger partial charge in [-0.15, -0.1) is 0 Å². The van der Waals surface area contributed by atoms with Crippen molar-refractivity contribution >= 4 is 13.6 Å². The van der Waals surface area contributed by atoms with E-state index in [0.29, 0.717) is 13.1 Å². The van der Waals surface area contributed by atoms with Crippen LogP contribution in [0.5, 0.6) is 0 Å². The molecule has 0 bridgehead atoms. The maximum absolute atomic E-state index is 11.9. The van der Waals surface area contributed by atoms with E-state index in [-0.39, 0.29) is 69.6 Å². The van der Waals surface area contributed by atoms with Crippen molar-refractivity contribution in [3.8, 4) is 0 Å². The molecule has 0 spiro atoms. The van der Waals surface area contributed by atoms with Crippen molar-refractivity contribution < 1.29 is 73.9 Å². The molecular formula is C12H23BF3KN2O2. The number of ether oxygens (including phenoxy) is 1. The molecule has 1 fully saturated rings. The number of nitrogens with zero attached hydrogens (tertiary/aromatic N) is 2. The van der Waals surface area contributed by atoms with Crippen molar-refractivity contribution in [3.05, 3.63) is 7.05 Å². The summed E-state index contributed by atoms with van der Waals surface area (Å²) in [5.74, 6) is 0. The van der Waals surface area contributed by atoms with Crippen LogP contribution in [-0.4, -0.2) is 54.2 Å². The number of amides is 1. The fourth-order valence-electron chi connectivity index (χ4n) is 1.83. The molecular weight excluding hydrogens is 311 g/mol. The van der Waals surface area contributed by atoms with Crippen molar-refractivity contribution in [2.75, 3.05) is 13.1 Å². The Hall–Kier alpha value is 0.721. The maximum Gasteiger partial charge on any atom is 1.00 e. The molecule has 0 aliphatic carbocycles. The van der Waals surface area contributed by atoms with E-state index in [1.807, 2.05) is 25.7 Å². The third-order valence-electron chi connectivity index (χ3n) is 2.75. The van der Waals surface area contributed by atoms with Crippen LogP contribution in [0.3, 0.4) is 0 Å². The second kappa shape index (κ2) is 10.5. The molecule has 0 aromatic rings. The van der Waals surface area contributed by atoms with Gasteiger partial charge in [0, 0.05) is 13.1 Å². The Kier molecular flexibility index (Phi) is 12.0. The number of hydrogen-bond acceptors (Lipinski definition) is 3. The van der Waals surface area contributed by atoms with Gasteiger partial charge in [0.2, 0.25) is 0 Å². The third kappa shape index (κ3) is 11.0. The predicted molar refractivity (Wildman–Crippen MR) is 73.0 cm³/mol. The van der Waals surface area contributed by atoms with Gasteiger partial charge in [-0.1, -0.05) is 13.8 Å². The minimum absolute atomic E-state index is 0. The number of rotatable bonds is 0. The SMILES string of the molecule is FB(F)F.[CH2-]N1[C@H](C)CN(C(=O)OC(C)(C)C)C[C@@H]1C.[K+]. The van der Waals surface area contributed by atoms with E-state index in [1.54, 1.807) is 4.90 Å². The number of piperazine rings is 1. The fourth-order valence-corrected chi connectivity index (χ4v) is 1.83. The van der Waals surface area contributed by atoms with Crippen LogP contribution in [0, 0.1) is 7.05 Å². The minimum atomic E-state index is -3.67. The summed E-state index contributed by atoms with van der Waals surface area (Å²) in [4.78, 5) is 15.7. The van der Waals surface area contributed by atoms with Crippen LogP contribution in [0.2, 0.25) is 0 Å². The number of carbonyl (C=O) groups is 1. The van der Waals surface area contributed by atoms with Gasteiger partial charge in [0.1, 0.15) is 5.60 Å². The summed E-state index contributed by atoms with van der Waals surface area (Å²) in [7, 11) is 0.316. The molecule has 0 unspecified atom stereocenters. The smallest absolute Gasteiger partial charge is 0.452 e. The molecule has 0 saturated carbocycles. The first-order valence-corrected chi connectivity index (χ1v) is 6.43. The van der Waals surface area contributed by atoms with Gasteiger partial charge in [-0.25, -0.2) is 4.79 Å². The first-order chi connectivity index (χ1) is 8.94. The first kappa shape index (κ1) is 24.0. The molecule has 1 aliphatic rings. The predicted octanol–water partition coefficient (Wildman–Crippen LogP) is -0.00851. The standard InChI is InChI=1S/C12H23N2O2.BF3.K/c1-9-7-14(8-10(2)13(9)6)11(15)16-12(3,4)5;2-1(3)4;/h9-10H,6-8H2,1-5H3;;/q-1;;+1/t9-,10+;;. The van der Waals surface area contributed by atoms with E-state index in [0.717, 1.165) is 0 Å². The quantitative estimate of drug-likeness (QED) is 0.462. The zero-order valence-corrected chi connectivity index (χ0v) is 16.8. The largest absolute Gasteiger partial charge is 1.00 e. The average molecular weight is 334 g/mol. The average Bonchev–Trinajstić information content (AvgIpc) is 2.21. The molecule has 1 saturated heterocycles. The van der Waals surface area contributed by atoms with E-state index >= 15 is 0 Å². The molecule has 1 amide bonds. The summed E-state index contributed by atoms with van der Waals surface area (Å²) in [6.45, 7) is 11.2. The Morgan fingerprint density at radius 2 is 1.52 bits per heavy atom. The van der Waals surface area contributed by atoms with Crippen LogP contribution < -0.4 is 51.4 Å². The summed E-state index contributed by atoms with van der Waals surface area (Å²) in [5.41, 5.74) is -0.425. The van der Waals surface area contributed by atoms with E-state index < -0.39 is 13.1 Å². The molecule has 118 valence electrons. The number of carbonyl (C=O) groups excluding carboxylic acids is 1. The third-order valence-corrected chi connectivity index (χ3v) is 2.75. The Balaban J connectivity index is 0. The molecule has 4 nitrogen and oxygen atoms in total. The van der Waals surface area contributed by atoms with E-state index in [4.69, 9.17) is 4.74 Å². The van der Waals surface area contributed by atoms with Crippen LogP contribution in [0.25, 0.3) is 0 Å². The summed E-state index contributed by atoms with van der Waals surface area (Å²) < 4.78 is 34.4. The van der Waals surface area contributed by atoms with E-state index in [2.05, 4.69) is 20.9 Å². The molecule has 0 radical (unpaired) electrons. The van der Waals surface area contributed by atoms with Gasteiger partial charge in [-0.2, -0.15) is 0 Å². The Morgan fingerprint density at radius 1 is 1.19 bits per heavy atom. The van der Waals surface area contributed by atoms with Crippen LogP contribution >= 0.6 is 0 Å². The van der Waals surface area contributed by atoms with Crippen LogP contribution in [0.4, 0.5) is 17.7 Å². The van der Waals surface area contributed by atoms with Gasteiger partial charge < -0.3 is 14.5 Å². The van der Waals surface area contributed by atoms with Crippen LogP contribution in [0.1, 0.15) is 34.6 Å². The summed E-state index contributed by atoms with van der Waals surface area (Å²) in [5, 5.41) is 0. The summed E-state index contributed by atoms with van der Waals surface area (Å²) in [6.07, 6.45) is -0.223. The molecule has 1 heterocycles. The van der Waals surface area contributed by atoms with Crippen LogP contribution in [0.15, 0.2) is 0 Å². The minimum Gasteiger partial charge on any atom is -0.452 e. The Bertz CT molecular complexity index is 305. The fraction of sp³-hybridized carbons (Fsp3) is 0.833. The van der Waals surface area contributed by atoms with Gasteiger partial charge in [-0.3, -0.25) is 20.0 Å². The molecule has 9 heteroatoms. The van der Waals surface area contributed by atoms with Crippen molar-refractivity contribution in [1.82, 2.24) is 9.80 Å². The van der Waals surface area contributed by atoms with Crippen molar-refractivity contribution in [1.29, 1.82) is 0 Å². The molecule has 1 aliphatic heterocycles. The number of halogens is 3. The van der Waals surface area contributed by atoms with Gasteiger partial charge in [0.25, 0.3) is 0 Å². The molecule has 0 N–H and O–H groups in total. The summed E-state index contributed by atoms with van der Waals surface area (Å²) >= 11 is 0. The maximum atomic E-state index is 11.9. The summed E-state index contributed by atoms with van der Waals surface area (Å²) in [6, 6.07) is 0.549. The van der Waals surface area contributed by atoms with Gasteiger partial charge in [-0.05, 0) is 32.9 Å². The first-order valence-electron chi connectivity index (χ1n) is 6.43.